The number of carbonyl (C=O) groups is 2. The fourth-order valence-electron chi connectivity index (χ4n) is 5.35. The van der Waals surface area contributed by atoms with E-state index in [1.807, 2.05) is 0 Å². The van der Waals surface area contributed by atoms with Crippen molar-refractivity contribution < 1.29 is 34.0 Å². The average Bonchev–Trinajstić information content (AvgIpc) is 3.15. The predicted molar refractivity (Wildman–Crippen MR) is 136 cm³/mol. The van der Waals surface area contributed by atoms with Crippen molar-refractivity contribution in [1.82, 2.24) is 0 Å². The molecule has 37 heavy (non-hydrogen) atoms. The third-order valence-corrected chi connectivity index (χ3v) is 7.15. The summed E-state index contributed by atoms with van der Waals surface area (Å²) in [6.45, 7) is 2.90. The summed E-state index contributed by atoms with van der Waals surface area (Å²) in [7, 11) is 1.71. The third kappa shape index (κ3) is 4.44. The molecule has 3 aromatic carbocycles. The molecule has 2 aliphatic heterocycles. The lowest BCUT2D eigenvalue weighted by molar-refractivity contribution is 0.0224. The van der Waals surface area contributed by atoms with Gasteiger partial charge < -0.3 is 24.4 Å². The first-order valence-corrected chi connectivity index (χ1v) is 12.6. The Kier molecular flexibility index (Phi) is 6.65. The van der Waals surface area contributed by atoms with Gasteiger partial charge in [-0.25, -0.2) is 4.79 Å². The van der Waals surface area contributed by atoms with Gasteiger partial charge in [-0.2, -0.15) is 0 Å². The van der Waals surface area contributed by atoms with Gasteiger partial charge >= 0.3 is 5.97 Å². The van der Waals surface area contributed by atoms with Crippen LogP contribution in [0, 0.1) is 5.92 Å². The minimum Gasteiger partial charge on any atom is -0.508 e. The normalized spacial score (nSPS) is 15.4. The molecule has 0 bridgehead atoms. The summed E-state index contributed by atoms with van der Waals surface area (Å²) in [5, 5.41) is 20.1. The Morgan fingerprint density at radius 1 is 0.919 bits per heavy atom. The lowest BCUT2D eigenvalue weighted by Gasteiger charge is -2.36. The molecule has 0 aliphatic carbocycles. The van der Waals surface area contributed by atoms with Crippen LogP contribution in [0.25, 0.3) is 0 Å². The van der Waals surface area contributed by atoms with Crippen molar-refractivity contribution in [2.24, 2.45) is 5.92 Å². The summed E-state index contributed by atoms with van der Waals surface area (Å²) < 4.78 is 17.2. The van der Waals surface area contributed by atoms with E-state index >= 15 is 0 Å². The number of ether oxygens (including phenoxy) is 3. The molecule has 1 atom stereocenters. The average molecular weight is 503 g/mol. The monoisotopic (exact) mass is 502 g/mol. The summed E-state index contributed by atoms with van der Waals surface area (Å²) >= 11 is 0. The molecule has 0 radical (unpaired) electrons. The number of phenols is 2. The first kappa shape index (κ1) is 24.8. The molecular weight excluding hydrogens is 472 g/mol. The number of hydrogen-bond acceptors (Lipinski definition) is 7. The van der Waals surface area contributed by atoms with Gasteiger partial charge in [0, 0.05) is 54.5 Å². The van der Waals surface area contributed by atoms with E-state index in [9.17, 15) is 19.8 Å². The topological polar surface area (TPSA) is 102 Å². The molecule has 1 spiro atoms. The van der Waals surface area contributed by atoms with Crippen LogP contribution in [0.1, 0.15) is 76.4 Å². The Balaban J connectivity index is 1.43. The van der Waals surface area contributed by atoms with E-state index < -0.39 is 11.6 Å². The Bertz CT molecular complexity index is 1310. The van der Waals surface area contributed by atoms with E-state index in [1.54, 1.807) is 37.4 Å². The molecule has 0 saturated carbocycles. The first-order valence-electron chi connectivity index (χ1n) is 12.6. The van der Waals surface area contributed by atoms with Gasteiger partial charge in [0.2, 0.25) is 0 Å². The van der Waals surface area contributed by atoms with Crippen LogP contribution in [0.3, 0.4) is 0 Å². The van der Waals surface area contributed by atoms with Gasteiger partial charge in [0.25, 0.3) is 0 Å². The van der Waals surface area contributed by atoms with Gasteiger partial charge in [-0.3, -0.25) is 4.79 Å². The maximum Gasteiger partial charge on any atom is 0.340 e. The lowest BCUT2D eigenvalue weighted by atomic mass is 9.77. The van der Waals surface area contributed by atoms with Crippen LogP contribution in [0.15, 0.2) is 54.6 Å². The van der Waals surface area contributed by atoms with Gasteiger partial charge in [0.05, 0.1) is 5.56 Å². The quantitative estimate of drug-likeness (QED) is 0.208. The van der Waals surface area contributed by atoms with Gasteiger partial charge in [-0.1, -0.05) is 31.9 Å². The highest BCUT2D eigenvalue weighted by molar-refractivity contribution is 6.02. The number of ketones is 1. The van der Waals surface area contributed by atoms with E-state index in [1.165, 1.54) is 24.3 Å². The SMILES string of the molecule is COCC(C)CCCCCC(=O)c1ccc2c(c1)C(=O)OC21c2ccc(O)cc2Oc2cc(O)ccc21. The van der Waals surface area contributed by atoms with E-state index in [2.05, 4.69) is 6.92 Å². The number of rotatable bonds is 9. The number of fused-ring (bicyclic) bond motifs is 6. The van der Waals surface area contributed by atoms with Crippen molar-refractivity contribution in [2.45, 2.75) is 44.6 Å². The zero-order valence-electron chi connectivity index (χ0n) is 21.0. The number of methoxy groups -OCH3 is 1. The smallest absolute Gasteiger partial charge is 0.340 e. The molecule has 1 unspecified atom stereocenters. The zero-order valence-corrected chi connectivity index (χ0v) is 21.0. The maximum absolute atomic E-state index is 13.2. The molecule has 2 aliphatic rings. The van der Waals surface area contributed by atoms with Gasteiger partial charge in [0.15, 0.2) is 11.4 Å². The van der Waals surface area contributed by atoms with Crippen molar-refractivity contribution in [3.05, 3.63) is 82.4 Å². The first-order chi connectivity index (χ1) is 17.8. The van der Waals surface area contributed by atoms with Crippen molar-refractivity contribution in [3.63, 3.8) is 0 Å². The number of unbranched alkanes of at least 4 members (excludes halogenated alkanes) is 2. The van der Waals surface area contributed by atoms with Crippen molar-refractivity contribution in [1.29, 1.82) is 0 Å². The Hall–Kier alpha value is -3.84. The van der Waals surface area contributed by atoms with Crippen LogP contribution in [-0.2, 0) is 15.1 Å². The number of Topliss-reactive ketones (excluding diaryl/α,β-unsaturated/α-hetero) is 1. The fraction of sp³-hybridized carbons (Fsp3) is 0.333. The van der Waals surface area contributed by atoms with Crippen LogP contribution in [-0.4, -0.2) is 35.7 Å². The van der Waals surface area contributed by atoms with Crippen molar-refractivity contribution in [3.8, 4) is 23.0 Å². The number of carbonyl (C=O) groups excluding carboxylic acids is 2. The fourth-order valence-corrected chi connectivity index (χ4v) is 5.35. The molecular formula is C30H30O7. The molecule has 0 fully saturated rings. The molecule has 0 amide bonds. The van der Waals surface area contributed by atoms with E-state index in [-0.39, 0.29) is 17.3 Å². The van der Waals surface area contributed by atoms with Crippen LogP contribution in [0.5, 0.6) is 23.0 Å². The van der Waals surface area contributed by atoms with Gasteiger partial charge in [0.1, 0.15) is 23.0 Å². The second kappa shape index (κ2) is 9.90. The standard InChI is InChI=1S/C30H30O7/c1-18(17-35-2)6-4-3-5-7-26(33)19-8-11-23-22(14-19)29(34)37-30(23)24-12-9-20(31)15-27(24)36-28-16-21(32)10-13-25(28)30/h8-16,18,31-32H,3-7,17H2,1-2H3. The Morgan fingerprint density at radius 2 is 1.57 bits per heavy atom. The van der Waals surface area contributed by atoms with Gasteiger partial charge in [-0.05, 0) is 49.1 Å². The molecule has 3 aromatic rings. The van der Waals surface area contributed by atoms with Crippen LogP contribution in [0.2, 0.25) is 0 Å². The third-order valence-electron chi connectivity index (χ3n) is 7.15. The minimum atomic E-state index is -1.32. The molecule has 0 saturated heterocycles. The maximum atomic E-state index is 13.2. The number of benzene rings is 3. The van der Waals surface area contributed by atoms with Gasteiger partial charge in [-0.15, -0.1) is 0 Å². The molecule has 0 aromatic heterocycles. The summed E-state index contributed by atoms with van der Waals surface area (Å²) in [6, 6.07) is 14.4. The molecule has 2 heterocycles. The summed E-state index contributed by atoms with van der Waals surface area (Å²) in [5.41, 5.74) is 1.17. The Morgan fingerprint density at radius 3 is 2.22 bits per heavy atom. The molecule has 2 N–H and O–H groups in total. The highest BCUT2D eigenvalue weighted by atomic mass is 16.6. The lowest BCUT2D eigenvalue weighted by Crippen LogP contribution is -2.32. The second-order valence-electron chi connectivity index (χ2n) is 9.88. The van der Waals surface area contributed by atoms with Crippen LogP contribution >= 0.6 is 0 Å². The van der Waals surface area contributed by atoms with Crippen LogP contribution < -0.4 is 4.74 Å². The van der Waals surface area contributed by atoms with Crippen molar-refractivity contribution >= 4 is 11.8 Å². The number of esters is 1. The Labute approximate surface area is 215 Å². The summed E-state index contributed by atoms with van der Waals surface area (Å²) in [5.74, 6) is 0.578. The largest absolute Gasteiger partial charge is 0.508 e. The van der Waals surface area contributed by atoms with E-state index in [4.69, 9.17) is 14.2 Å². The van der Waals surface area contributed by atoms with Crippen LogP contribution in [0.4, 0.5) is 0 Å². The summed E-state index contributed by atoms with van der Waals surface area (Å²) in [4.78, 5) is 26.1. The molecule has 5 rings (SSSR count). The highest BCUT2D eigenvalue weighted by Gasteiger charge is 2.53. The number of hydrogen-bond donors (Lipinski definition) is 2. The molecule has 7 nitrogen and oxygen atoms in total. The van der Waals surface area contributed by atoms with E-state index in [0.29, 0.717) is 51.7 Å². The molecule has 7 heteroatoms. The van der Waals surface area contributed by atoms with E-state index in [0.717, 1.165) is 32.3 Å². The molecule has 192 valence electrons. The second-order valence-corrected chi connectivity index (χ2v) is 9.88. The summed E-state index contributed by atoms with van der Waals surface area (Å²) in [6.07, 6.45) is 4.27. The minimum absolute atomic E-state index is 0.00357. The zero-order chi connectivity index (χ0) is 26.2. The van der Waals surface area contributed by atoms with Crippen molar-refractivity contribution in [2.75, 3.05) is 13.7 Å². The number of phenolic OH excluding ortho intramolecular Hbond substituents is 2. The predicted octanol–water partition coefficient (Wildman–Crippen LogP) is 6.08. The highest BCUT2D eigenvalue weighted by Crippen LogP contribution is 2.57. The number of aromatic hydroxyl groups is 2.